The minimum Gasteiger partial charge on any atom is -0.465 e. The molecule has 0 spiro atoms. The Hall–Kier alpha value is -2.97. The van der Waals surface area contributed by atoms with Crippen LogP contribution in [-0.2, 0) is 9.47 Å². The lowest BCUT2D eigenvalue weighted by Gasteiger charge is -2.09. The van der Waals surface area contributed by atoms with Crippen molar-refractivity contribution in [1.29, 1.82) is 0 Å². The zero-order valence-electron chi connectivity index (χ0n) is 14.7. The third-order valence-electron chi connectivity index (χ3n) is 3.83. The van der Waals surface area contributed by atoms with Crippen molar-refractivity contribution >= 4 is 56.6 Å². The highest BCUT2D eigenvalue weighted by atomic mass is 35.5. The standard InChI is InChI=1S/C19H13ClFNO5S/c1-26-18(24)9-5-10(19(25)27-2)7-12(6-9)22-17(23)16-15(20)13-4-3-11(21)8-14(13)28-16/h3-8H,1-2H3,(H,22,23). The topological polar surface area (TPSA) is 81.7 Å². The highest BCUT2D eigenvalue weighted by Gasteiger charge is 2.20. The molecule has 0 unspecified atom stereocenters. The molecular weight excluding hydrogens is 409 g/mol. The first-order valence-corrected chi connectivity index (χ1v) is 9.04. The lowest BCUT2D eigenvalue weighted by atomic mass is 10.1. The van der Waals surface area contributed by atoms with Crippen LogP contribution >= 0.6 is 22.9 Å². The summed E-state index contributed by atoms with van der Waals surface area (Å²) < 4.78 is 23.3. The van der Waals surface area contributed by atoms with Crippen molar-refractivity contribution in [2.45, 2.75) is 0 Å². The van der Waals surface area contributed by atoms with E-state index < -0.39 is 23.7 Å². The lowest BCUT2D eigenvalue weighted by Crippen LogP contribution is -2.13. The van der Waals surface area contributed by atoms with E-state index in [2.05, 4.69) is 14.8 Å². The van der Waals surface area contributed by atoms with Crippen molar-refractivity contribution < 1.29 is 28.2 Å². The molecule has 1 N–H and O–H groups in total. The number of anilines is 1. The summed E-state index contributed by atoms with van der Waals surface area (Å²) in [5.74, 6) is -2.37. The van der Waals surface area contributed by atoms with Gasteiger partial charge in [0.2, 0.25) is 0 Å². The molecule has 1 heterocycles. The van der Waals surface area contributed by atoms with E-state index in [4.69, 9.17) is 11.6 Å². The fourth-order valence-corrected chi connectivity index (χ4v) is 3.98. The third kappa shape index (κ3) is 3.83. The molecule has 144 valence electrons. The van der Waals surface area contributed by atoms with Crippen LogP contribution in [0.15, 0.2) is 36.4 Å². The van der Waals surface area contributed by atoms with E-state index in [0.29, 0.717) is 10.1 Å². The third-order valence-corrected chi connectivity index (χ3v) is 5.49. The van der Waals surface area contributed by atoms with E-state index in [9.17, 15) is 18.8 Å². The van der Waals surface area contributed by atoms with Crippen LogP contribution in [0.3, 0.4) is 0 Å². The van der Waals surface area contributed by atoms with Gasteiger partial charge < -0.3 is 14.8 Å². The monoisotopic (exact) mass is 421 g/mol. The van der Waals surface area contributed by atoms with Gasteiger partial charge in [-0.2, -0.15) is 0 Å². The molecule has 28 heavy (non-hydrogen) atoms. The average molecular weight is 422 g/mol. The molecule has 9 heteroatoms. The van der Waals surface area contributed by atoms with E-state index in [0.717, 1.165) is 11.3 Å². The Bertz CT molecular complexity index is 1080. The van der Waals surface area contributed by atoms with Crippen LogP contribution in [0.4, 0.5) is 10.1 Å². The van der Waals surface area contributed by atoms with Crippen molar-refractivity contribution in [3.63, 3.8) is 0 Å². The molecule has 1 amide bonds. The number of amides is 1. The predicted molar refractivity (Wildman–Crippen MR) is 104 cm³/mol. The van der Waals surface area contributed by atoms with Gasteiger partial charge in [0.05, 0.1) is 30.4 Å². The van der Waals surface area contributed by atoms with Crippen LogP contribution in [0.5, 0.6) is 0 Å². The zero-order chi connectivity index (χ0) is 20.4. The van der Waals surface area contributed by atoms with E-state index in [-0.39, 0.29) is 26.7 Å². The molecule has 0 bridgehead atoms. The van der Waals surface area contributed by atoms with Gasteiger partial charge in [0.1, 0.15) is 10.7 Å². The molecule has 0 saturated carbocycles. The van der Waals surface area contributed by atoms with Crippen LogP contribution in [0.2, 0.25) is 5.02 Å². The second-order valence-corrected chi connectivity index (χ2v) is 7.05. The van der Waals surface area contributed by atoms with Gasteiger partial charge in [0.15, 0.2) is 0 Å². The van der Waals surface area contributed by atoms with Gasteiger partial charge in [-0.1, -0.05) is 11.6 Å². The van der Waals surface area contributed by atoms with E-state index in [1.54, 1.807) is 0 Å². The van der Waals surface area contributed by atoms with Crippen LogP contribution in [-0.4, -0.2) is 32.1 Å². The molecule has 1 aromatic heterocycles. The summed E-state index contributed by atoms with van der Waals surface area (Å²) in [5.41, 5.74) is 0.295. The molecule has 6 nitrogen and oxygen atoms in total. The van der Waals surface area contributed by atoms with Gasteiger partial charge in [-0.25, -0.2) is 14.0 Å². The number of carbonyl (C=O) groups excluding carboxylic acids is 3. The van der Waals surface area contributed by atoms with Crippen molar-refractivity contribution in [2.24, 2.45) is 0 Å². The summed E-state index contributed by atoms with van der Waals surface area (Å²) >= 11 is 7.29. The molecule has 0 atom stereocenters. The number of benzene rings is 2. The number of hydrogen-bond donors (Lipinski definition) is 1. The normalized spacial score (nSPS) is 10.6. The van der Waals surface area contributed by atoms with Gasteiger partial charge in [0.25, 0.3) is 5.91 Å². The number of halogens is 2. The lowest BCUT2D eigenvalue weighted by molar-refractivity contribution is 0.0599. The Balaban J connectivity index is 1.98. The molecule has 0 fully saturated rings. The second kappa shape index (κ2) is 7.95. The number of nitrogens with one attached hydrogen (secondary N) is 1. The molecular formula is C19H13ClFNO5S. The van der Waals surface area contributed by atoms with E-state index in [1.165, 1.54) is 50.6 Å². The first kappa shape index (κ1) is 19.8. The number of thiophene rings is 1. The first-order chi connectivity index (χ1) is 13.3. The predicted octanol–water partition coefficient (Wildman–Crippen LogP) is 4.52. The summed E-state index contributed by atoms with van der Waals surface area (Å²) in [6.07, 6.45) is 0. The number of carbonyl (C=O) groups is 3. The molecule has 0 radical (unpaired) electrons. The number of fused-ring (bicyclic) bond motifs is 1. The van der Waals surface area contributed by atoms with Gasteiger partial charge in [-0.15, -0.1) is 11.3 Å². The molecule has 0 aliphatic heterocycles. The molecule has 2 aromatic carbocycles. The summed E-state index contributed by atoms with van der Waals surface area (Å²) in [6, 6.07) is 8.05. The smallest absolute Gasteiger partial charge is 0.337 e. The maximum Gasteiger partial charge on any atom is 0.337 e. The summed E-state index contributed by atoms with van der Waals surface area (Å²) in [4.78, 5) is 36.5. The molecule has 3 aromatic rings. The van der Waals surface area contributed by atoms with E-state index in [1.807, 2.05) is 0 Å². The Morgan fingerprint density at radius 2 is 1.61 bits per heavy atom. The minimum atomic E-state index is -0.684. The minimum absolute atomic E-state index is 0.0604. The number of rotatable bonds is 4. The van der Waals surface area contributed by atoms with Crippen molar-refractivity contribution in [3.8, 4) is 0 Å². The molecule has 0 saturated heterocycles. The zero-order valence-corrected chi connectivity index (χ0v) is 16.2. The highest BCUT2D eigenvalue weighted by molar-refractivity contribution is 7.21. The van der Waals surface area contributed by atoms with Crippen LogP contribution in [0.25, 0.3) is 10.1 Å². The highest BCUT2D eigenvalue weighted by Crippen LogP contribution is 2.36. The number of methoxy groups -OCH3 is 2. The average Bonchev–Trinajstić information content (AvgIpc) is 3.02. The summed E-state index contributed by atoms with van der Waals surface area (Å²) in [7, 11) is 2.39. The maximum absolute atomic E-state index is 13.4. The fourth-order valence-electron chi connectivity index (χ4n) is 2.54. The van der Waals surface area contributed by atoms with Crippen LogP contribution in [0.1, 0.15) is 30.4 Å². The number of ether oxygens (including phenoxy) is 2. The Morgan fingerprint density at radius 3 is 2.18 bits per heavy atom. The van der Waals surface area contributed by atoms with Crippen LogP contribution < -0.4 is 5.32 Å². The quantitative estimate of drug-likeness (QED) is 0.626. The largest absolute Gasteiger partial charge is 0.465 e. The second-order valence-electron chi connectivity index (χ2n) is 5.62. The van der Waals surface area contributed by atoms with Gasteiger partial charge >= 0.3 is 11.9 Å². The van der Waals surface area contributed by atoms with Crippen molar-refractivity contribution in [1.82, 2.24) is 0 Å². The van der Waals surface area contributed by atoms with Crippen molar-refractivity contribution in [3.05, 3.63) is 63.2 Å². The van der Waals surface area contributed by atoms with Crippen LogP contribution in [0, 0.1) is 5.82 Å². The van der Waals surface area contributed by atoms with Gasteiger partial charge in [0, 0.05) is 15.8 Å². The maximum atomic E-state index is 13.4. The number of esters is 2. The first-order valence-electron chi connectivity index (χ1n) is 7.84. The Morgan fingerprint density at radius 1 is 1.00 bits per heavy atom. The summed E-state index contributed by atoms with van der Waals surface area (Å²) in [6.45, 7) is 0. The number of hydrogen-bond acceptors (Lipinski definition) is 6. The van der Waals surface area contributed by atoms with E-state index >= 15 is 0 Å². The Kier molecular flexibility index (Phi) is 5.62. The fraction of sp³-hybridized carbons (Fsp3) is 0.105. The molecule has 0 aliphatic rings. The van der Waals surface area contributed by atoms with Gasteiger partial charge in [-0.3, -0.25) is 4.79 Å². The molecule has 0 aliphatic carbocycles. The SMILES string of the molecule is COC(=O)c1cc(NC(=O)c2sc3cc(F)ccc3c2Cl)cc(C(=O)OC)c1. The molecule has 3 rings (SSSR count). The summed E-state index contributed by atoms with van der Waals surface area (Å²) in [5, 5.41) is 3.33. The van der Waals surface area contributed by atoms with Gasteiger partial charge in [-0.05, 0) is 36.4 Å². The van der Waals surface area contributed by atoms with Crippen molar-refractivity contribution in [2.75, 3.05) is 19.5 Å². The Labute approximate surface area is 167 Å².